The van der Waals surface area contributed by atoms with Crippen LogP contribution in [0.25, 0.3) is 0 Å². The highest BCUT2D eigenvalue weighted by Gasteiger charge is 2.34. The second-order valence-electron chi connectivity index (χ2n) is 9.32. The van der Waals surface area contributed by atoms with Crippen molar-refractivity contribution >= 4 is 48.7 Å². The van der Waals surface area contributed by atoms with Crippen molar-refractivity contribution in [1.82, 2.24) is 0 Å². The van der Waals surface area contributed by atoms with Gasteiger partial charge in [0.1, 0.15) is 18.0 Å². The molecule has 0 aliphatic rings. The lowest BCUT2D eigenvalue weighted by Crippen LogP contribution is -2.38. The summed E-state index contributed by atoms with van der Waals surface area (Å²) in [5.41, 5.74) is 0.672. The maximum Gasteiger partial charge on any atom is 0.289 e. The third kappa shape index (κ3) is 7.07. The predicted molar refractivity (Wildman–Crippen MR) is 164 cm³/mol. The molecule has 44 heavy (non-hydrogen) atoms. The lowest BCUT2D eigenvalue weighted by molar-refractivity contribution is -0.387. The van der Waals surface area contributed by atoms with Crippen molar-refractivity contribution in [2.45, 2.75) is 16.7 Å². The fourth-order valence-corrected chi connectivity index (χ4v) is 6.85. The van der Waals surface area contributed by atoms with Crippen molar-refractivity contribution in [2.24, 2.45) is 0 Å². The maximum atomic E-state index is 13.9. The molecule has 13 nitrogen and oxygen atoms in total. The Labute approximate surface area is 254 Å². The van der Waals surface area contributed by atoms with E-state index in [1.54, 1.807) is 18.2 Å². The molecular formula is C29H28N4O9S2. The Morgan fingerprint density at radius 1 is 0.864 bits per heavy atom. The number of carbonyl (C=O) groups excluding carboxylic acids is 1. The van der Waals surface area contributed by atoms with Crippen molar-refractivity contribution in [1.29, 1.82) is 0 Å². The fraction of sp³-hybridized carbons (Fsp3) is 0.138. The zero-order valence-corrected chi connectivity index (χ0v) is 25.4. The van der Waals surface area contributed by atoms with Gasteiger partial charge in [-0.25, -0.2) is 16.8 Å². The molecule has 15 heteroatoms. The topological polar surface area (TPSA) is 174 Å². The smallest absolute Gasteiger partial charge is 0.289 e. The molecule has 0 saturated carbocycles. The summed E-state index contributed by atoms with van der Waals surface area (Å²) in [6.07, 6.45) is 0. The summed E-state index contributed by atoms with van der Waals surface area (Å²) < 4.78 is 67.1. The molecule has 1 amide bonds. The number of rotatable bonds is 12. The Kier molecular flexibility index (Phi) is 9.40. The number of ether oxygens (including phenoxy) is 2. The predicted octanol–water partition coefficient (Wildman–Crippen LogP) is 4.56. The molecule has 0 aliphatic carbocycles. The van der Waals surface area contributed by atoms with Gasteiger partial charge < -0.3 is 14.8 Å². The molecule has 4 rings (SSSR count). The number of sulfonamides is 2. The molecule has 0 bridgehead atoms. The van der Waals surface area contributed by atoms with Gasteiger partial charge in [-0.1, -0.05) is 24.3 Å². The second-order valence-corrected chi connectivity index (χ2v) is 12.8. The number of nitrogens with zero attached hydrogens (tertiary/aromatic N) is 2. The van der Waals surface area contributed by atoms with Crippen LogP contribution in [0.4, 0.5) is 22.7 Å². The van der Waals surface area contributed by atoms with E-state index in [0.717, 1.165) is 17.7 Å². The van der Waals surface area contributed by atoms with Crippen LogP contribution in [0.2, 0.25) is 0 Å². The van der Waals surface area contributed by atoms with Gasteiger partial charge in [-0.15, -0.1) is 0 Å². The molecule has 0 atom stereocenters. The van der Waals surface area contributed by atoms with E-state index < -0.39 is 48.0 Å². The van der Waals surface area contributed by atoms with E-state index in [0.29, 0.717) is 15.7 Å². The van der Waals surface area contributed by atoms with Crippen LogP contribution in [-0.2, 0) is 24.8 Å². The highest BCUT2D eigenvalue weighted by atomic mass is 32.2. The van der Waals surface area contributed by atoms with Crippen molar-refractivity contribution in [2.75, 3.05) is 35.1 Å². The Balaban J connectivity index is 1.63. The van der Waals surface area contributed by atoms with Gasteiger partial charge in [0.25, 0.3) is 25.7 Å². The highest BCUT2D eigenvalue weighted by Crippen LogP contribution is 2.37. The first-order valence-corrected chi connectivity index (χ1v) is 15.8. The van der Waals surface area contributed by atoms with Gasteiger partial charge >= 0.3 is 0 Å². The number of benzene rings is 4. The van der Waals surface area contributed by atoms with E-state index in [1.165, 1.54) is 68.8 Å². The Morgan fingerprint density at radius 3 is 2.20 bits per heavy atom. The number of nitrogens with one attached hydrogen (secondary N) is 2. The third-order valence-corrected chi connectivity index (χ3v) is 9.50. The second kappa shape index (κ2) is 13.0. The molecule has 0 aromatic heterocycles. The standard InChI is InChI=1S/C29H28N4O9S2/c1-20-7-6-8-22(17-20)31-43(37,38)24-14-11-21(12-15-24)30-29(34)19-32(25-16-13-23(41-2)18-27(25)42-3)44(39,40)28-10-5-4-9-26(28)33(35)36/h4-18,31H,19H2,1-3H3,(H,30,34). The minimum Gasteiger partial charge on any atom is -0.497 e. The average molecular weight is 641 g/mol. The van der Waals surface area contributed by atoms with E-state index in [2.05, 4.69) is 10.0 Å². The zero-order chi connectivity index (χ0) is 32.1. The summed E-state index contributed by atoms with van der Waals surface area (Å²) in [6.45, 7) is 1.01. The molecule has 0 radical (unpaired) electrons. The molecule has 0 spiro atoms. The van der Waals surface area contributed by atoms with Crippen LogP contribution in [0.15, 0.2) is 101 Å². The summed E-state index contributed by atoms with van der Waals surface area (Å²) in [7, 11) is -5.95. The van der Waals surface area contributed by atoms with Gasteiger partial charge in [-0.3, -0.25) is 23.9 Å². The zero-order valence-electron chi connectivity index (χ0n) is 23.8. The van der Waals surface area contributed by atoms with Crippen molar-refractivity contribution in [3.63, 3.8) is 0 Å². The minimum absolute atomic E-state index is 0.0231. The quantitative estimate of drug-likeness (QED) is 0.166. The molecule has 0 fully saturated rings. The number of nitro groups is 1. The van der Waals surface area contributed by atoms with Crippen LogP contribution in [0.1, 0.15) is 5.56 Å². The van der Waals surface area contributed by atoms with Crippen molar-refractivity contribution in [3.05, 3.63) is 107 Å². The third-order valence-electron chi connectivity index (χ3n) is 6.29. The summed E-state index contributed by atoms with van der Waals surface area (Å²) in [5.74, 6) is -0.460. The average Bonchev–Trinajstić information content (AvgIpc) is 2.99. The molecule has 4 aromatic carbocycles. The van der Waals surface area contributed by atoms with Gasteiger partial charge in [0, 0.05) is 23.5 Å². The molecule has 0 unspecified atom stereocenters. The maximum absolute atomic E-state index is 13.9. The number of carbonyl (C=O) groups is 1. The number of amides is 1. The number of methoxy groups -OCH3 is 2. The molecular weight excluding hydrogens is 612 g/mol. The summed E-state index contributed by atoms with van der Waals surface area (Å²) in [4.78, 5) is 23.4. The molecule has 0 aliphatic heterocycles. The number of aryl methyl sites for hydroxylation is 1. The van der Waals surface area contributed by atoms with Crippen LogP contribution >= 0.6 is 0 Å². The summed E-state index contributed by atoms with van der Waals surface area (Å²) >= 11 is 0. The highest BCUT2D eigenvalue weighted by molar-refractivity contribution is 7.93. The van der Waals surface area contributed by atoms with Crippen molar-refractivity contribution in [3.8, 4) is 11.5 Å². The van der Waals surface area contributed by atoms with Crippen LogP contribution in [0, 0.1) is 17.0 Å². The first-order chi connectivity index (χ1) is 20.8. The Hall–Kier alpha value is -5.15. The van der Waals surface area contributed by atoms with Crippen LogP contribution in [0.5, 0.6) is 11.5 Å². The normalized spacial score (nSPS) is 11.3. The van der Waals surface area contributed by atoms with Gasteiger partial charge in [0.2, 0.25) is 5.91 Å². The molecule has 0 heterocycles. The Bertz CT molecular complexity index is 1910. The minimum atomic E-state index is -4.71. The van der Waals surface area contributed by atoms with Crippen LogP contribution in [0.3, 0.4) is 0 Å². The largest absolute Gasteiger partial charge is 0.497 e. The Morgan fingerprint density at radius 2 is 1.57 bits per heavy atom. The van der Waals surface area contributed by atoms with Gasteiger partial charge in [0.15, 0.2) is 4.90 Å². The monoisotopic (exact) mass is 640 g/mol. The number of nitro benzene ring substituents is 1. The van der Waals surface area contributed by atoms with Gasteiger partial charge in [-0.2, -0.15) is 0 Å². The summed E-state index contributed by atoms with van der Waals surface area (Å²) in [6, 6.07) is 21.0. The van der Waals surface area contributed by atoms with Crippen LogP contribution < -0.4 is 23.8 Å². The SMILES string of the molecule is COc1ccc(N(CC(=O)Nc2ccc(S(=O)(=O)Nc3cccc(C)c3)cc2)S(=O)(=O)c2ccccc2[N+](=O)[O-])c(OC)c1. The lowest BCUT2D eigenvalue weighted by atomic mass is 10.2. The molecule has 230 valence electrons. The number of hydrogen-bond acceptors (Lipinski definition) is 9. The number of hydrogen-bond donors (Lipinski definition) is 2. The van der Waals surface area contributed by atoms with E-state index in [4.69, 9.17) is 9.47 Å². The van der Waals surface area contributed by atoms with E-state index in [-0.39, 0.29) is 22.0 Å². The van der Waals surface area contributed by atoms with E-state index in [9.17, 15) is 31.7 Å². The number of anilines is 3. The van der Waals surface area contributed by atoms with E-state index >= 15 is 0 Å². The number of para-hydroxylation sites is 1. The van der Waals surface area contributed by atoms with E-state index in [1.807, 2.05) is 13.0 Å². The lowest BCUT2D eigenvalue weighted by Gasteiger charge is -2.25. The fourth-order valence-electron chi connectivity index (χ4n) is 4.21. The van der Waals surface area contributed by atoms with Crippen LogP contribution in [-0.4, -0.2) is 48.4 Å². The van der Waals surface area contributed by atoms with Crippen molar-refractivity contribution < 1.29 is 36.0 Å². The first kappa shape index (κ1) is 31.8. The molecule has 2 N–H and O–H groups in total. The first-order valence-electron chi connectivity index (χ1n) is 12.8. The molecule has 4 aromatic rings. The summed E-state index contributed by atoms with van der Waals surface area (Å²) in [5, 5.41) is 14.2. The molecule has 0 saturated heterocycles. The van der Waals surface area contributed by atoms with Gasteiger partial charge in [0.05, 0.1) is 29.7 Å². The van der Waals surface area contributed by atoms with Gasteiger partial charge in [-0.05, 0) is 67.1 Å².